The van der Waals surface area contributed by atoms with Crippen molar-refractivity contribution in [3.8, 4) is 57.2 Å². The van der Waals surface area contributed by atoms with Crippen molar-refractivity contribution in [3.63, 3.8) is 0 Å². The van der Waals surface area contributed by atoms with Gasteiger partial charge in [-0.1, -0.05) is 91.5 Å². The van der Waals surface area contributed by atoms with Gasteiger partial charge in [-0.05, 0) is 123 Å². The monoisotopic (exact) mass is 1210 g/mol. The van der Waals surface area contributed by atoms with Crippen LogP contribution in [0.2, 0.25) is 33.2 Å². The third-order valence-electron chi connectivity index (χ3n) is 13.9. The minimum atomic E-state index is -4.24. The number of halogens is 4. The zero-order valence-corrected chi connectivity index (χ0v) is 50.6. The lowest BCUT2D eigenvalue weighted by molar-refractivity contribution is -0.145. The smallest absolute Gasteiger partial charge is 0.345 e. The van der Waals surface area contributed by atoms with Gasteiger partial charge in [-0.25, -0.2) is 24.1 Å². The number of benzene rings is 5. The Morgan fingerprint density at radius 2 is 1.56 bits per heavy atom. The number of aliphatic carboxylic acids is 1. The SMILES string of the molecule is C=CCOC[C@H](COS(=O)(=O)c1ccc(C)cc1)Oc1c(Cl)c(C)c(-n2c(-c3ccc(F)cc3)c(Cl)c3ncnc(OC(Cc4cc(O[Si](C)(C)C(C)(C)C)ccc4OCc4ccnc(-c5ccccc5OC)n4)C(=O)O)c32)c(C)c1Cl. The molecule has 0 aliphatic carbocycles. The molecule has 0 saturated heterocycles. The maximum atomic E-state index is 14.7. The van der Waals surface area contributed by atoms with E-state index < -0.39 is 49.0 Å². The lowest BCUT2D eigenvalue weighted by atomic mass is 10.1. The van der Waals surface area contributed by atoms with Crippen LogP contribution in [0.25, 0.3) is 39.4 Å². The van der Waals surface area contributed by atoms with E-state index in [1.165, 1.54) is 48.8 Å². The predicted molar refractivity (Wildman–Crippen MR) is 317 cm³/mol. The molecule has 0 bridgehead atoms. The van der Waals surface area contributed by atoms with Crippen LogP contribution < -0.4 is 23.4 Å². The van der Waals surface area contributed by atoms with Crippen molar-refractivity contribution < 1.29 is 55.0 Å². The van der Waals surface area contributed by atoms with Gasteiger partial charge in [0.15, 0.2) is 11.6 Å². The lowest BCUT2D eigenvalue weighted by Crippen LogP contribution is -2.43. The van der Waals surface area contributed by atoms with E-state index in [0.29, 0.717) is 62.3 Å². The topological polar surface area (TPSA) is 193 Å². The normalized spacial score (nSPS) is 12.7. The number of fused-ring (bicyclic) bond motifs is 1. The number of carbonyl (C=O) groups is 1. The number of hydrogen-bond acceptors (Lipinski definition) is 14. The molecule has 0 aliphatic rings. The van der Waals surface area contributed by atoms with Crippen molar-refractivity contribution in [1.82, 2.24) is 24.5 Å². The van der Waals surface area contributed by atoms with Gasteiger partial charge >= 0.3 is 5.97 Å². The fraction of sp³-hybridized carbons (Fsp3) is 0.283. The zero-order valence-electron chi connectivity index (χ0n) is 46.6. The Balaban J connectivity index is 1.21. The first-order valence-electron chi connectivity index (χ1n) is 25.8. The van der Waals surface area contributed by atoms with Gasteiger partial charge in [0.25, 0.3) is 10.1 Å². The molecule has 8 rings (SSSR count). The number of ether oxygens (including phenoxy) is 5. The van der Waals surface area contributed by atoms with E-state index in [4.69, 9.17) is 72.1 Å². The molecule has 1 N–H and O–H groups in total. The first-order chi connectivity index (χ1) is 38.9. The van der Waals surface area contributed by atoms with E-state index in [0.717, 1.165) is 5.56 Å². The molecule has 1 unspecified atom stereocenters. The average molecular weight is 1210 g/mol. The number of aryl methyl sites for hydroxylation is 1. The van der Waals surface area contributed by atoms with Crippen LogP contribution in [0.15, 0.2) is 127 Å². The molecule has 3 aromatic heterocycles. The van der Waals surface area contributed by atoms with Crippen molar-refractivity contribution in [3.05, 3.63) is 171 Å². The Bertz CT molecular complexity index is 3740. The number of aromatic nitrogens is 5. The zero-order chi connectivity index (χ0) is 59.3. The fourth-order valence-electron chi connectivity index (χ4n) is 8.56. The summed E-state index contributed by atoms with van der Waals surface area (Å²) < 4.78 is 85.9. The summed E-state index contributed by atoms with van der Waals surface area (Å²) in [6.07, 6.45) is 1.35. The molecular formula is C60H61Cl3FN5O11SSi. The second-order valence-electron chi connectivity index (χ2n) is 20.7. The van der Waals surface area contributed by atoms with E-state index in [2.05, 4.69) is 55.4 Å². The van der Waals surface area contributed by atoms with Crippen LogP contribution in [0.1, 0.15) is 48.7 Å². The highest BCUT2D eigenvalue weighted by molar-refractivity contribution is 7.86. The number of hydrogen-bond donors (Lipinski definition) is 1. The van der Waals surface area contributed by atoms with Gasteiger partial charge in [0.1, 0.15) is 59.7 Å². The molecule has 0 spiro atoms. The molecule has 5 aromatic carbocycles. The summed E-state index contributed by atoms with van der Waals surface area (Å²) in [5, 5.41) is 11.0. The van der Waals surface area contributed by atoms with Gasteiger partial charge in [-0.2, -0.15) is 13.4 Å². The van der Waals surface area contributed by atoms with E-state index in [1.54, 1.807) is 68.1 Å². The summed E-state index contributed by atoms with van der Waals surface area (Å²) in [5.74, 6) is -0.236. The molecule has 0 aliphatic heterocycles. The van der Waals surface area contributed by atoms with Gasteiger partial charge in [0.05, 0.1) is 62.9 Å². The van der Waals surface area contributed by atoms with E-state index >= 15 is 0 Å². The van der Waals surface area contributed by atoms with Crippen LogP contribution in [-0.4, -0.2) is 91.5 Å². The van der Waals surface area contributed by atoms with Gasteiger partial charge in [-0.3, -0.25) is 4.18 Å². The van der Waals surface area contributed by atoms with Gasteiger partial charge in [0.2, 0.25) is 20.3 Å². The van der Waals surface area contributed by atoms with Gasteiger partial charge in [0, 0.05) is 23.7 Å². The molecule has 430 valence electrons. The molecule has 2 atom stereocenters. The van der Waals surface area contributed by atoms with Crippen molar-refractivity contribution in [2.45, 2.75) is 89.8 Å². The summed E-state index contributed by atoms with van der Waals surface area (Å²) in [5.41, 5.74) is 4.50. The van der Waals surface area contributed by atoms with Crippen LogP contribution >= 0.6 is 34.8 Å². The number of carboxylic acid groups (broad SMARTS) is 1. The standard InChI is InChI=1S/C60H61Cl3FN5O11SSi/c1-11-28-75-32-43(33-77-81(72,73)44-23-16-35(2)17-24-44)78-56-49(61)36(3)53(37(4)50(56)62)69-54(38-18-20-40(64)21-19-38)51(63)52-55(69)58(67-34-66-52)79-48(59(70)71)30-39-29-42(80-82(9,10)60(5,6)7)22-25-46(39)76-31-41-26-27-65-57(68-41)45-14-12-13-15-47(45)74-8/h11-27,29,34,43,48H,1,28,30-33H2,2-10H3,(H,70,71)/t43-,48?/m1/s1. The molecule has 22 heteroatoms. The van der Waals surface area contributed by atoms with Crippen LogP contribution in [-0.2, 0) is 36.9 Å². The maximum absolute atomic E-state index is 14.7. The molecule has 0 radical (unpaired) electrons. The second kappa shape index (κ2) is 25.6. The van der Waals surface area contributed by atoms with Crippen molar-refractivity contribution >= 4 is 70.2 Å². The summed E-state index contributed by atoms with van der Waals surface area (Å²) in [6, 6.07) is 26.1. The number of para-hydroxylation sites is 1. The minimum absolute atomic E-state index is 0.00298. The van der Waals surface area contributed by atoms with Crippen LogP contribution in [0.3, 0.4) is 0 Å². The second-order valence-corrected chi connectivity index (χ2v) is 28.2. The van der Waals surface area contributed by atoms with Gasteiger partial charge < -0.3 is 37.8 Å². The molecule has 0 saturated carbocycles. The summed E-state index contributed by atoms with van der Waals surface area (Å²) in [4.78, 5) is 31.9. The Labute approximate surface area is 492 Å². The van der Waals surface area contributed by atoms with Crippen LogP contribution in [0.4, 0.5) is 4.39 Å². The Morgan fingerprint density at radius 3 is 2.22 bits per heavy atom. The average Bonchev–Trinajstić information content (AvgIpc) is 2.20. The Hall–Kier alpha value is -7.10. The number of methoxy groups -OCH3 is 1. The third kappa shape index (κ3) is 13.5. The summed E-state index contributed by atoms with van der Waals surface area (Å²) in [6.45, 7) is 18.9. The minimum Gasteiger partial charge on any atom is -0.543 e. The molecule has 82 heavy (non-hydrogen) atoms. The van der Waals surface area contributed by atoms with Crippen molar-refractivity contribution in [2.24, 2.45) is 0 Å². The van der Waals surface area contributed by atoms with Gasteiger partial charge in [-0.15, -0.1) is 6.58 Å². The van der Waals surface area contributed by atoms with E-state index in [9.17, 15) is 22.7 Å². The van der Waals surface area contributed by atoms with Crippen LogP contribution in [0, 0.1) is 26.6 Å². The third-order valence-corrected chi connectivity index (χ3v) is 20.8. The van der Waals surface area contributed by atoms with Crippen LogP contribution in [0.5, 0.6) is 28.9 Å². The molecule has 0 fully saturated rings. The Kier molecular flexibility index (Phi) is 19.0. The largest absolute Gasteiger partial charge is 0.543 e. The quantitative estimate of drug-likeness (QED) is 0.0260. The molecule has 0 amide bonds. The number of nitrogens with zero attached hydrogens (tertiary/aromatic N) is 5. The highest BCUT2D eigenvalue weighted by Gasteiger charge is 2.39. The fourth-order valence-corrected chi connectivity index (χ4v) is 11.4. The Morgan fingerprint density at radius 1 is 0.866 bits per heavy atom. The van der Waals surface area contributed by atoms with Crippen molar-refractivity contribution in [2.75, 3.05) is 26.9 Å². The maximum Gasteiger partial charge on any atom is 0.345 e. The molecule has 16 nitrogen and oxygen atoms in total. The molecule has 3 heterocycles. The first-order valence-corrected chi connectivity index (χ1v) is 31.3. The summed E-state index contributed by atoms with van der Waals surface area (Å²) in [7, 11) is -5.10. The lowest BCUT2D eigenvalue weighted by Gasteiger charge is -2.36. The summed E-state index contributed by atoms with van der Waals surface area (Å²) >= 11 is 21.9. The van der Waals surface area contributed by atoms with E-state index in [1.807, 2.05) is 31.2 Å². The number of carboxylic acids is 1. The molecular weight excluding hydrogens is 1150 g/mol. The first kappa shape index (κ1) is 61.0. The molecule has 8 aromatic rings. The highest BCUT2D eigenvalue weighted by atomic mass is 35.5. The predicted octanol–water partition coefficient (Wildman–Crippen LogP) is 14.0. The number of rotatable bonds is 24. The highest BCUT2D eigenvalue weighted by Crippen LogP contribution is 2.49. The van der Waals surface area contributed by atoms with E-state index in [-0.39, 0.29) is 79.6 Å². The van der Waals surface area contributed by atoms with Crippen molar-refractivity contribution in [1.29, 1.82) is 0 Å².